The molecular weight excluding hydrogens is 336 g/mol. The lowest BCUT2D eigenvalue weighted by Gasteiger charge is -2.27. The highest BCUT2D eigenvalue weighted by molar-refractivity contribution is 5.95. The lowest BCUT2D eigenvalue weighted by molar-refractivity contribution is 0.216. The summed E-state index contributed by atoms with van der Waals surface area (Å²) >= 11 is 0. The van der Waals surface area contributed by atoms with Crippen LogP contribution in [0.1, 0.15) is 31.9 Å². The van der Waals surface area contributed by atoms with Crippen molar-refractivity contribution in [1.29, 1.82) is 0 Å². The van der Waals surface area contributed by atoms with Crippen LogP contribution < -0.4 is 5.32 Å². The molecule has 5 nitrogen and oxygen atoms in total. The number of aromatic nitrogens is 2. The Bertz CT molecular complexity index is 997. The van der Waals surface area contributed by atoms with Crippen LogP contribution in [0.5, 0.6) is 0 Å². The number of carbonyl (C=O) groups is 1. The van der Waals surface area contributed by atoms with Crippen molar-refractivity contribution in [3.05, 3.63) is 66.4 Å². The average Bonchev–Trinajstić information content (AvgIpc) is 3.16. The molecule has 1 aliphatic heterocycles. The smallest absolute Gasteiger partial charge is 0.320 e. The minimum absolute atomic E-state index is 0.0781. The van der Waals surface area contributed by atoms with E-state index in [1.165, 1.54) is 21.9 Å². The van der Waals surface area contributed by atoms with Gasteiger partial charge in [-0.25, -0.2) is 9.48 Å². The monoisotopic (exact) mass is 360 g/mol. The zero-order chi connectivity index (χ0) is 18.8. The molecule has 0 bridgehead atoms. The van der Waals surface area contributed by atoms with Gasteiger partial charge < -0.3 is 4.90 Å². The maximum absolute atomic E-state index is 12.6. The molecule has 2 heterocycles. The van der Waals surface area contributed by atoms with Crippen molar-refractivity contribution in [1.82, 2.24) is 14.7 Å². The Labute approximate surface area is 159 Å². The summed E-state index contributed by atoms with van der Waals surface area (Å²) in [6.07, 6.45) is 4.74. The minimum Gasteiger partial charge on any atom is -0.320 e. The van der Waals surface area contributed by atoms with Gasteiger partial charge in [-0.1, -0.05) is 48.5 Å². The molecule has 27 heavy (non-hydrogen) atoms. The average molecular weight is 360 g/mol. The molecule has 2 aromatic carbocycles. The van der Waals surface area contributed by atoms with Gasteiger partial charge in [0.25, 0.3) is 0 Å². The van der Waals surface area contributed by atoms with Gasteiger partial charge in [-0.05, 0) is 42.2 Å². The molecule has 1 N–H and O–H groups in total. The second-order valence-electron chi connectivity index (χ2n) is 7.14. The van der Waals surface area contributed by atoms with E-state index in [0.29, 0.717) is 13.1 Å². The first kappa shape index (κ1) is 17.3. The van der Waals surface area contributed by atoms with E-state index >= 15 is 0 Å². The summed E-state index contributed by atoms with van der Waals surface area (Å²) in [5.74, 6) is 0.735. The molecule has 5 heteroatoms. The fourth-order valence-corrected chi connectivity index (χ4v) is 3.62. The predicted octanol–water partition coefficient (Wildman–Crippen LogP) is 4.94. The number of rotatable bonds is 3. The second-order valence-corrected chi connectivity index (χ2v) is 7.14. The standard InChI is InChI=1S/C22H24N4O/c1-16(2)26-21(10-13-23-26)24-22(27)25-14-11-18(12-15-25)20-9-5-7-17-6-3-4-8-19(17)20/h3-11,13,16H,12,14-15H2,1-2H3,(H,24,27). The van der Waals surface area contributed by atoms with E-state index < -0.39 is 0 Å². The maximum atomic E-state index is 12.6. The summed E-state index contributed by atoms with van der Waals surface area (Å²) in [6, 6.07) is 16.8. The number of anilines is 1. The number of amides is 2. The zero-order valence-corrected chi connectivity index (χ0v) is 15.7. The molecule has 0 saturated heterocycles. The Morgan fingerprint density at radius 3 is 2.70 bits per heavy atom. The lowest BCUT2D eigenvalue weighted by Crippen LogP contribution is -2.38. The highest BCUT2D eigenvalue weighted by atomic mass is 16.2. The number of hydrogen-bond donors (Lipinski definition) is 1. The number of nitrogens with zero attached hydrogens (tertiary/aromatic N) is 3. The van der Waals surface area contributed by atoms with Crippen LogP contribution in [0, 0.1) is 0 Å². The molecule has 0 spiro atoms. The molecule has 0 unspecified atom stereocenters. The number of urea groups is 1. The van der Waals surface area contributed by atoms with Gasteiger partial charge in [0.2, 0.25) is 0 Å². The van der Waals surface area contributed by atoms with Crippen LogP contribution in [0.2, 0.25) is 0 Å². The normalized spacial score (nSPS) is 14.5. The van der Waals surface area contributed by atoms with E-state index in [1.807, 2.05) is 29.5 Å². The number of benzene rings is 2. The highest BCUT2D eigenvalue weighted by Crippen LogP contribution is 2.29. The van der Waals surface area contributed by atoms with Crippen LogP contribution in [0.15, 0.2) is 60.8 Å². The molecule has 138 valence electrons. The molecular formula is C22H24N4O. The van der Waals surface area contributed by atoms with Crippen LogP contribution in [0.3, 0.4) is 0 Å². The van der Waals surface area contributed by atoms with Gasteiger partial charge in [-0.3, -0.25) is 5.32 Å². The van der Waals surface area contributed by atoms with Crippen molar-refractivity contribution < 1.29 is 4.79 Å². The van der Waals surface area contributed by atoms with Gasteiger partial charge >= 0.3 is 6.03 Å². The Kier molecular flexibility index (Phi) is 4.67. The van der Waals surface area contributed by atoms with Crippen LogP contribution in [-0.4, -0.2) is 33.8 Å². The fourth-order valence-electron chi connectivity index (χ4n) is 3.62. The molecule has 1 aromatic heterocycles. The highest BCUT2D eigenvalue weighted by Gasteiger charge is 2.20. The third-order valence-corrected chi connectivity index (χ3v) is 5.03. The van der Waals surface area contributed by atoms with Gasteiger partial charge in [-0.15, -0.1) is 0 Å². The van der Waals surface area contributed by atoms with Crippen molar-refractivity contribution in [2.24, 2.45) is 0 Å². The number of carbonyl (C=O) groups excluding carboxylic acids is 1. The van der Waals surface area contributed by atoms with Crippen molar-refractivity contribution in [3.8, 4) is 0 Å². The van der Waals surface area contributed by atoms with E-state index in [2.05, 4.69) is 59.0 Å². The third-order valence-electron chi connectivity index (χ3n) is 5.03. The molecule has 0 atom stereocenters. The molecule has 0 fully saturated rings. The van der Waals surface area contributed by atoms with Gasteiger partial charge in [0.1, 0.15) is 5.82 Å². The number of hydrogen-bond acceptors (Lipinski definition) is 2. The van der Waals surface area contributed by atoms with Crippen molar-refractivity contribution >= 4 is 28.2 Å². The van der Waals surface area contributed by atoms with Crippen LogP contribution in [0.25, 0.3) is 16.3 Å². The van der Waals surface area contributed by atoms with Crippen molar-refractivity contribution in [2.75, 3.05) is 18.4 Å². The van der Waals surface area contributed by atoms with E-state index in [-0.39, 0.29) is 12.1 Å². The van der Waals surface area contributed by atoms with Gasteiger partial charge in [0.05, 0.1) is 6.20 Å². The first-order valence-electron chi connectivity index (χ1n) is 9.40. The number of nitrogens with one attached hydrogen (secondary N) is 1. The topological polar surface area (TPSA) is 50.2 Å². The Balaban J connectivity index is 1.49. The molecule has 3 aromatic rings. The predicted molar refractivity (Wildman–Crippen MR) is 110 cm³/mol. The summed E-state index contributed by atoms with van der Waals surface area (Å²) in [7, 11) is 0. The molecule has 2 amide bonds. The van der Waals surface area contributed by atoms with E-state index in [9.17, 15) is 4.79 Å². The molecule has 1 aliphatic rings. The largest absolute Gasteiger partial charge is 0.323 e. The molecule has 0 radical (unpaired) electrons. The first-order chi connectivity index (χ1) is 13.1. The van der Waals surface area contributed by atoms with Gasteiger partial charge in [0, 0.05) is 25.2 Å². The molecule has 0 saturated carbocycles. The van der Waals surface area contributed by atoms with Crippen LogP contribution >= 0.6 is 0 Å². The number of fused-ring (bicyclic) bond motifs is 1. The minimum atomic E-state index is -0.0781. The van der Waals surface area contributed by atoms with E-state index in [1.54, 1.807) is 6.20 Å². The summed E-state index contributed by atoms with van der Waals surface area (Å²) < 4.78 is 1.82. The fraction of sp³-hybridized carbons (Fsp3) is 0.273. The van der Waals surface area contributed by atoms with Crippen LogP contribution in [0.4, 0.5) is 10.6 Å². The lowest BCUT2D eigenvalue weighted by atomic mass is 9.94. The summed E-state index contributed by atoms with van der Waals surface area (Å²) in [5, 5.41) is 9.77. The summed E-state index contributed by atoms with van der Waals surface area (Å²) in [5.41, 5.74) is 2.58. The molecule has 4 rings (SSSR count). The Hall–Kier alpha value is -3.08. The van der Waals surface area contributed by atoms with Crippen molar-refractivity contribution in [3.63, 3.8) is 0 Å². The Morgan fingerprint density at radius 1 is 1.11 bits per heavy atom. The summed E-state index contributed by atoms with van der Waals surface area (Å²) in [6.45, 7) is 5.41. The van der Waals surface area contributed by atoms with Gasteiger partial charge in [-0.2, -0.15) is 5.10 Å². The van der Waals surface area contributed by atoms with Crippen LogP contribution in [-0.2, 0) is 0 Å². The second kappa shape index (κ2) is 7.27. The third kappa shape index (κ3) is 3.45. The first-order valence-corrected chi connectivity index (χ1v) is 9.40. The SMILES string of the molecule is CC(C)n1nccc1NC(=O)N1CC=C(c2cccc3ccccc23)CC1. The Morgan fingerprint density at radius 2 is 1.93 bits per heavy atom. The molecule has 0 aliphatic carbocycles. The van der Waals surface area contributed by atoms with Crippen molar-refractivity contribution in [2.45, 2.75) is 26.3 Å². The summed E-state index contributed by atoms with van der Waals surface area (Å²) in [4.78, 5) is 14.5. The van der Waals surface area contributed by atoms with E-state index in [0.717, 1.165) is 12.2 Å². The van der Waals surface area contributed by atoms with E-state index in [4.69, 9.17) is 0 Å². The van der Waals surface area contributed by atoms with Gasteiger partial charge in [0.15, 0.2) is 0 Å². The zero-order valence-electron chi connectivity index (χ0n) is 15.7. The maximum Gasteiger partial charge on any atom is 0.323 e. The quantitative estimate of drug-likeness (QED) is 0.719.